The van der Waals surface area contributed by atoms with E-state index in [1.165, 1.54) is 0 Å². The van der Waals surface area contributed by atoms with Gasteiger partial charge in [0.1, 0.15) is 5.78 Å². The van der Waals surface area contributed by atoms with Crippen molar-refractivity contribution in [1.29, 1.82) is 0 Å². The Morgan fingerprint density at radius 3 is 2.24 bits per heavy atom. The number of Topliss-reactive ketones (excluding diaryl/α,β-unsaturated/α-hetero) is 1. The van der Waals surface area contributed by atoms with Gasteiger partial charge in [-0.25, -0.2) is 0 Å². The molecule has 1 aliphatic carbocycles. The molecule has 0 N–H and O–H groups in total. The Labute approximate surface area is 131 Å². The first kappa shape index (κ1) is 16.6. The van der Waals surface area contributed by atoms with Gasteiger partial charge in [-0.2, -0.15) is 13.2 Å². The highest BCUT2D eigenvalue weighted by atomic mass is 35.5. The fourth-order valence-corrected chi connectivity index (χ4v) is 3.06. The van der Waals surface area contributed by atoms with Gasteiger partial charge in [-0.15, -0.1) is 0 Å². The normalized spacial score (nSPS) is 23.1. The average molecular weight is 339 g/mol. The van der Waals surface area contributed by atoms with Crippen molar-refractivity contribution in [1.82, 2.24) is 0 Å². The van der Waals surface area contributed by atoms with Gasteiger partial charge in [0.2, 0.25) is 0 Å². The van der Waals surface area contributed by atoms with Gasteiger partial charge in [-0.1, -0.05) is 29.3 Å². The van der Waals surface area contributed by atoms with E-state index in [2.05, 4.69) is 0 Å². The van der Waals surface area contributed by atoms with Crippen LogP contribution in [0.2, 0.25) is 10.0 Å². The lowest BCUT2D eigenvalue weighted by Crippen LogP contribution is -2.30. The Balaban J connectivity index is 1.92. The third-order valence-corrected chi connectivity index (χ3v) is 4.75. The van der Waals surface area contributed by atoms with Crippen LogP contribution in [-0.2, 0) is 11.2 Å². The number of halogens is 5. The van der Waals surface area contributed by atoms with Gasteiger partial charge in [-0.3, -0.25) is 4.79 Å². The second-order valence-corrected chi connectivity index (χ2v) is 6.30. The van der Waals surface area contributed by atoms with Crippen LogP contribution in [-0.4, -0.2) is 12.0 Å². The van der Waals surface area contributed by atoms with E-state index >= 15 is 0 Å². The molecule has 0 radical (unpaired) electrons. The van der Waals surface area contributed by atoms with Crippen molar-refractivity contribution in [2.45, 2.75) is 38.3 Å². The van der Waals surface area contributed by atoms with E-state index in [-0.39, 0.29) is 31.0 Å². The Kier molecular flexibility index (Phi) is 5.20. The number of rotatable bonds is 3. The molecule has 0 aliphatic heterocycles. The summed E-state index contributed by atoms with van der Waals surface area (Å²) >= 11 is 11.7. The van der Waals surface area contributed by atoms with Crippen molar-refractivity contribution in [3.63, 3.8) is 0 Å². The maximum absolute atomic E-state index is 12.6. The van der Waals surface area contributed by atoms with Crippen LogP contribution in [0.5, 0.6) is 0 Å². The quantitative estimate of drug-likeness (QED) is 0.713. The van der Waals surface area contributed by atoms with E-state index in [1.807, 2.05) is 0 Å². The first-order valence-corrected chi connectivity index (χ1v) is 7.56. The highest BCUT2D eigenvalue weighted by Crippen LogP contribution is 2.40. The van der Waals surface area contributed by atoms with Gasteiger partial charge in [0, 0.05) is 12.3 Å². The van der Waals surface area contributed by atoms with Gasteiger partial charge >= 0.3 is 6.18 Å². The zero-order chi connectivity index (χ0) is 15.6. The lowest BCUT2D eigenvalue weighted by atomic mass is 9.78. The zero-order valence-corrected chi connectivity index (χ0v) is 12.7. The minimum absolute atomic E-state index is 0.0194. The molecule has 0 saturated heterocycles. The molecule has 0 heterocycles. The van der Waals surface area contributed by atoms with E-state index in [9.17, 15) is 18.0 Å². The van der Waals surface area contributed by atoms with Crippen LogP contribution in [0.1, 0.15) is 31.2 Å². The second-order valence-electron chi connectivity index (χ2n) is 5.48. The van der Waals surface area contributed by atoms with E-state index in [1.54, 1.807) is 18.2 Å². The van der Waals surface area contributed by atoms with Crippen molar-refractivity contribution >= 4 is 29.0 Å². The van der Waals surface area contributed by atoms with Gasteiger partial charge in [0.15, 0.2) is 0 Å². The van der Waals surface area contributed by atoms with Crippen LogP contribution < -0.4 is 0 Å². The summed E-state index contributed by atoms with van der Waals surface area (Å²) in [5, 5.41) is 0.793. The number of hydrogen-bond donors (Lipinski definition) is 0. The molecule has 1 aliphatic rings. The first-order chi connectivity index (χ1) is 9.77. The monoisotopic (exact) mass is 338 g/mol. The molecule has 0 aromatic heterocycles. The first-order valence-electron chi connectivity index (χ1n) is 6.80. The van der Waals surface area contributed by atoms with Gasteiger partial charge in [0.25, 0.3) is 0 Å². The summed E-state index contributed by atoms with van der Waals surface area (Å²) < 4.78 is 37.8. The SMILES string of the molecule is O=C(Cc1ccc(Cl)c(Cl)c1)C1CCC(C(F)(F)F)CC1. The number of carbonyl (C=O) groups is 1. The molecule has 0 unspecified atom stereocenters. The van der Waals surface area contributed by atoms with Gasteiger partial charge in [0.05, 0.1) is 16.0 Å². The number of alkyl halides is 3. The number of hydrogen-bond acceptors (Lipinski definition) is 1. The maximum atomic E-state index is 12.6. The lowest BCUT2D eigenvalue weighted by molar-refractivity contribution is -0.184. The molecule has 0 atom stereocenters. The average Bonchev–Trinajstić information content (AvgIpc) is 2.42. The summed E-state index contributed by atoms with van der Waals surface area (Å²) in [5.74, 6) is -1.56. The number of ketones is 1. The van der Waals surface area contributed by atoms with E-state index < -0.39 is 12.1 Å². The molecule has 1 fully saturated rings. The van der Waals surface area contributed by atoms with E-state index in [0.29, 0.717) is 22.9 Å². The van der Waals surface area contributed by atoms with Crippen molar-refractivity contribution in [3.8, 4) is 0 Å². The molecule has 1 nitrogen and oxygen atoms in total. The van der Waals surface area contributed by atoms with E-state index in [4.69, 9.17) is 23.2 Å². The third kappa shape index (κ3) is 4.36. The smallest absolute Gasteiger partial charge is 0.299 e. The highest BCUT2D eigenvalue weighted by molar-refractivity contribution is 6.42. The topological polar surface area (TPSA) is 17.1 Å². The number of benzene rings is 1. The molecule has 0 spiro atoms. The van der Waals surface area contributed by atoms with Crippen LogP contribution in [0.4, 0.5) is 13.2 Å². The molecule has 6 heteroatoms. The molecule has 2 rings (SSSR count). The molecule has 0 amide bonds. The van der Waals surface area contributed by atoms with Crippen LogP contribution in [0.15, 0.2) is 18.2 Å². The van der Waals surface area contributed by atoms with Crippen molar-refractivity contribution in [3.05, 3.63) is 33.8 Å². The van der Waals surface area contributed by atoms with Crippen molar-refractivity contribution < 1.29 is 18.0 Å². The molecular weight excluding hydrogens is 324 g/mol. The van der Waals surface area contributed by atoms with Crippen LogP contribution >= 0.6 is 23.2 Å². The molecule has 1 saturated carbocycles. The van der Waals surface area contributed by atoms with Crippen LogP contribution in [0, 0.1) is 11.8 Å². The number of carbonyl (C=O) groups excluding carboxylic acids is 1. The largest absolute Gasteiger partial charge is 0.391 e. The molecule has 116 valence electrons. The highest BCUT2D eigenvalue weighted by Gasteiger charge is 2.42. The minimum atomic E-state index is -4.14. The Morgan fingerprint density at radius 1 is 1.10 bits per heavy atom. The molecule has 1 aromatic rings. The second kappa shape index (κ2) is 6.57. The zero-order valence-electron chi connectivity index (χ0n) is 11.2. The summed E-state index contributed by atoms with van der Waals surface area (Å²) in [6.07, 6.45) is -3.24. The maximum Gasteiger partial charge on any atom is 0.391 e. The molecular formula is C15H15Cl2F3O. The Morgan fingerprint density at radius 2 is 1.71 bits per heavy atom. The van der Waals surface area contributed by atoms with Gasteiger partial charge < -0.3 is 0 Å². The summed E-state index contributed by atoms with van der Waals surface area (Å²) in [5.41, 5.74) is 0.743. The Bertz CT molecular complexity index is 520. The third-order valence-electron chi connectivity index (χ3n) is 4.01. The summed E-state index contributed by atoms with van der Waals surface area (Å²) in [6.45, 7) is 0. The fourth-order valence-electron chi connectivity index (χ4n) is 2.74. The summed E-state index contributed by atoms with van der Waals surface area (Å²) in [4.78, 5) is 12.2. The predicted molar refractivity (Wildman–Crippen MR) is 76.7 cm³/mol. The summed E-state index contributed by atoms with van der Waals surface area (Å²) in [6, 6.07) is 4.96. The predicted octanol–water partition coefficient (Wildman–Crippen LogP) is 5.47. The minimum Gasteiger partial charge on any atom is -0.299 e. The van der Waals surface area contributed by atoms with Crippen LogP contribution in [0.25, 0.3) is 0 Å². The van der Waals surface area contributed by atoms with Crippen molar-refractivity contribution in [2.24, 2.45) is 11.8 Å². The lowest BCUT2D eigenvalue weighted by Gasteiger charge is -2.29. The van der Waals surface area contributed by atoms with Gasteiger partial charge in [-0.05, 0) is 43.4 Å². The fraction of sp³-hybridized carbons (Fsp3) is 0.533. The molecule has 1 aromatic carbocycles. The Hall–Kier alpha value is -0.740. The molecule has 0 bridgehead atoms. The molecule has 21 heavy (non-hydrogen) atoms. The standard InChI is InChI=1S/C15H15Cl2F3O/c16-12-6-1-9(7-13(12)17)8-14(21)10-2-4-11(5-3-10)15(18,19)20/h1,6-7,10-11H,2-5,8H2. The van der Waals surface area contributed by atoms with Crippen molar-refractivity contribution in [2.75, 3.05) is 0 Å². The van der Waals surface area contributed by atoms with Crippen LogP contribution in [0.3, 0.4) is 0 Å². The van der Waals surface area contributed by atoms with E-state index in [0.717, 1.165) is 5.56 Å². The summed E-state index contributed by atoms with van der Waals surface area (Å²) in [7, 11) is 0.